The Morgan fingerprint density at radius 2 is 2.14 bits per heavy atom. The molecule has 2 aliphatic rings. The number of nitrogens with one attached hydrogen (secondary N) is 1. The molecule has 1 aliphatic carbocycles. The molecule has 3 atom stereocenters. The van der Waals surface area contributed by atoms with E-state index in [1.807, 2.05) is 37.4 Å². The second-order valence-corrected chi connectivity index (χ2v) is 8.02. The van der Waals surface area contributed by atoms with E-state index in [1.165, 1.54) is 25.1 Å². The molecule has 6 nitrogen and oxygen atoms in total. The Hall–Kier alpha value is -2.73. The summed E-state index contributed by atoms with van der Waals surface area (Å²) in [6.07, 6.45) is 5.06. The second kappa shape index (κ2) is 6.71. The zero-order valence-corrected chi connectivity index (χ0v) is 16.3. The Balaban J connectivity index is 1.65. The zero-order chi connectivity index (χ0) is 19.3. The van der Waals surface area contributed by atoms with E-state index in [0.29, 0.717) is 18.5 Å². The summed E-state index contributed by atoms with van der Waals surface area (Å²) in [7, 11) is 0. The normalized spacial score (nSPS) is 21.0. The van der Waals surface area contributed by atoms with Crippen molar-refractivity contribution in [2.75, 3.05) is 11.9 Å². The monoisotopic (exact) mass is 375 g/mol. The number of aliphatic hydroxyl groups is 1. The molecule has 28 heavy (non-hydrogen) atoms. The maximum atomic E-state index is 9.57. The Morgan fingerprint density at radius 3 is 2.96 bits per heavy atom. The van der Waals surface area contributed by atoms with Crippen LogP contribution in [0.5, 0.6) is 0 Å². The molecule has 1 saturated carbocycles. The van der Waals surface area contributed by atoms with Gasteiger partial charge in [-0.1, -0.05) is 6.07 Å². The lowest BCUT2D eigenvalue weighted by Crippen LogP contribution is -2.16. The summed E-state index contributed by atoms with van der Waals surface area (Å²) in [6.45, 7) is 4.25. The van der Waals surface area contributed by atoms with Crippen LogP contribution in [0.3, 0.4) is 0 Å². The fraction of sp³-hybridized carbons (Fsp3) is 0.409. The molecule has 1 fully saturated rings. The number of aliphatic hydroxyl groups excluding tert-OH is 1. The van der Waals surface area contributed by atoms with E-state index in [4.69, 9.17) is 9.97 Å². The summed E-state index contributed by atoms with van der Waals surface area (Å²) in [5.41, 5.74) is 5.11. The van der Waals surface area contributed by atoms with Crippen LogP contribution in [0.4, 0.5) is 5.82 Å². The fourth-order valence-electron chi connectivity index (χ4n) is 4.59. The van der Waals surface area contributed by atoms with Crippen LogP contribution in [0, 0.1) is 6.92 Å². The number of anilines is 1. The summed E-state index contributed by atoms with van der Waals surface area (Å²) in [5.74, 6) is 2.54. The molecule has 0 unspecified atom stereocenters. The van der Waals surface area contributed by atoms with E-state index >= 15 is 0 Å². The summed E-state index contributed by atoms with van der Waals surface area (Å²) >= 11 is 0. The second-order valence-electron chi connectivity index (χ2n) is 8.02. The molecule has 144 valence electrons. The van der Waals surface area contributed by atoms with Crippen LogP contribution in [0.15, 0.2) is 36.5 Å². The van der Waals surface area contributed by atoms with Crippen molar-refractivity contribution < 1.29 is 5.11 Å². The van der Waals surface area contributed by atoms with E-state index in [1.54, 1.807) is 6.92 Å². The van der Waals surface area contributed by atoms with Crippen molar-refractivity contribution in [3.63, 3.8) is 0 Å². The van der Waals surface area contributed by atoms with Crippen LogP contribution in [0.25, 0.3) is 22.6 Å². The molecule has 0 amide bonds. The van der Waals surface area contributed by atoms with E-state index in [0.717, 1.165) is 34.2 Å². The SMILES string of the molecule is Cc1cccc(-c2nc3n(c2-c2ccnc(NC[C@H](C)O)c2)[C@@H]2CC[C@H]3C2)n1. The molecular weight excluding hydrogens is 350 g/mol. The topological polar surface area (TPSA) is 75.9 Å². The number of aryl methyl sites for hydroxylation is 1. The highest BCUT2D eigenvalue weighted by atomic mass is 16.3. The molecule has 3 aromatic heterocycles. The summed E-state index contributed by atoms with van der Waals surface area (Å²) < 4.78 is 2.45. The van der Waals surface area contributed by atoms with Crippen LogP contribution in [-0.4, -0.2) is 37.3 Å². The van der Waals surface area contributed by atoms with Crippen molar-refractivity contribution >= 4 is 5.82 Å². The van der Waals surface area contributed by atoms with Crippen molar-refractivity contribution in [3.05, 3.63) is 48.0 Å². The average molecular weight is 375 g/mol. The highest BCUT2D eigenvalue weighted by molar-refractivity contribution is 5.79. The molecule has 0 aromatic carbocycles. The maximum absolute atomic E-state index is 9.57. The lowest BCUT2D eigenvalue weighted by molar-refractivity contribution is 0.208. The molecule has 0 radical (unpaired) electrons. The van der Waals surface area contributed by atoms with Gasteiger partial charge in [-0.15, -0.1) is 0 Å². The van der Waals surface area contributed by atoms with Crippen LogP contribution >= 0.6 is 0 Å². The molecule has 4 heterocycles. The van der Waals surface area contributed by atoms with Crippen molar-refractivity contribution in [1.29, 1.82) is 0 Å². The number of nitrogens with zero attached hydrogens (tertiary/aromatic N) is 4. The van der Waals surface area contributed by atoms with Crippen LogP contribution < -0.4 is 5.32 Å². The standard InChI is InChI=1S/C22H25N5O/c1-13-4-3-5-18(25-13)20-21(27-17-7-6-16(10-17)22(27)26-20)15-8-9-23-19(11-15)24-12-14(2)28/h3-5,8-9,11,14,16-17,28H,6-7,10,12H2,1-2H3,(H,23,24)/t14-,16-,17+/m0/s1. The van der Waals surface area contributed by atoms with Gasteiger partial charge in [-0.05, 0) is 57.4 Å². The summed E-state index contributed by atoms with van der Waals surface area (Å²) in [4.78, 5) is 14.3. The fourth-order valence-corrected chi connectivity index (χ4v) is 4.59. The Morgan fingerprint density at radius 1 is 1.25 bits per heavy atom. The Labute approximate surface area is 164 Å². The number of hydrogen-bond acceptors (Lipinski definition) is 5. The minimum Gasteiger partial charge on any atom is -0.392 e. The third-order valence-electron chi connectivity index (χ3n) is 5.82. The first kappa shape index (κ1) is 17.4. The first-order valence-electron chi connectivity index (χ1n) is 10.0. The van der Waals surface area contributed by atoms with Crippen LogP contribution in [0.2, 0.25) is 0 Å². The smallest absolute Gasteiger partial charge is 0.126 e. The molecular formula is C22H25N5O. The lowest BCUT2D eigenvalue weighted by atomic mass is 10.1. The van der Waals surface area contributed by atoms with Gasteiger partial charge in [0, 0.05) is 36.0 Å². The minimum absolute atomic E-state index is 0.424. The van der Waals surface area contributed by atoms with Gasteiger partial charge in [0.05, 0.1) is 17.5 Å². The van der Waals surface area contributed by atoms with Gasteiger partial charge in [0.15, 0.2) is 0 Å². The van der Waals surface area contributed by atoms with Crippen LogP contribution in [0.1, 0.15) is 49.7 Å². The summed E-state index contributed by atoms with van der Waals surface area (Å²) in [6, 6.07) is 10.7. The van der Waals surface area contributed by atoms with E-state index < -0.39 is 6.10 Å². The highest BCUT2D eigenvalue weighted by Crippen LogP contribution is 2.52. The van der Waals surface area contributed by atoms with Gasteiger partial charge in [0.1, 0.15) is 17.3 Å². The first-order valence-corrected chi connectivity index (χ1v) is 10.0. The highest BCUT2D eigenvalue weighted by Gasteiger charge is 2.41. The Kier molecular flexibility index (Phi) is 4.16. The lowest BCUT2D eigenvalue weighted by Gasteiger charge is -2.18. The number of rotatable bonds is 5. The van der Waals surface area contributed by atoms with Gasteiger partial charge in [0.2, 0.25) is 0 Å². The van der Waals surface area contributed by atoms with Gasteiger partial charge in [-0.25, -0.2) is 9.97 Å². The van der Waals surface area contributed by atoms with Gasteiger partial charge in [0.25, 0.3) is 0 Å². The van der Waals surface area contributed by atoms with Gasteiger partial charge >= 0.3 is 0 Å². The zero-order valence-electron chi connectivity index (χ0n) is 16.3. The van der Waals surface area contributed by atoms with E-state index in [9.17, 15) is 5.11 Å². The average Bonchev–Trinajstić information content (AvgIpc) is 3.38. The predicted octanol–water partition coefficient (Wildman–Crippen LogP) is 3.93. The van der Waals surface area contributed by atoms with E-state index in [-0.39, 0.29) is 0 Å². The molecule has 5 rings (SSSR count). The van der Waals surface area contributed by atoms with Gasteiger partial charge in [-0.2, -0.15) is 0 Å². The number of imidazole rings is 1. The third kappa shape index (κ3) is 2.88. The van der Waals surface area contributed by atoms with Crippen molar-refractivity contribution in [1.82, 2.24) is 19.5 Å². The maximum Gasteiger partial charge on any atom is 0.126 e. The minimum atomic E-state index is -0.424. The number of pyridine rings is 2. The quantitative estimate of drug-likeness (QED) is 0.707. The first-order chi connectivity index (χ1) is 13.6. The number of fused-ring (bicyclic) bond motifs is 5. The molecule has 1 aliphatic heterocycles. The molecule has 3 aromatic rings. The largest absolute Gasteiger partial charge is 0.392 e. The van der Waals surface area contributed by atoms with Crippen molar-refractivity contribution in [2.24, 2.45) is 0 Å². The molecule has 2 N–H and O–H groups in total. The summed E-state index contributed by atoms with van der Waals surface area (Å²) in [5, 5.41) is 12.8. The third-order valence-corrected chi connectivity index (χ3v) is 5.82. The molecule has 0 spiro atoms. The molecule has 0 saturated heterocycles. The number of hydrogen-bond donors (Lipinski definition) is 2. The molecule has 2 bridgehead atoms. The van der Waals surface area contributed by atoms with Gasteiger partial charge in [-0.3, -0.25) is 4.98 Å². The predicted molar refractivity (Wildman–Crippen MR) is 109 cm³/mol. The van der Waals surface area contributed by atoms with Crippen LogP contribution in [-0.2, 0) is 0 Å². The van der Waals surface area contributed by atoms with Crippen molar-refractivity contribution in [2.45, 2.75) is 51.2 Å². The molecule has 6 heteroatoms. The van der Waals surface area contributed by atoms with Crippen molar-refractivity contribution in [3.8, 4) is 22.6 Å². The Bertz CT molecular complexity index is 1030. The van der Waals surface area contributed by atoms with E-state index in [2.05, 4.69) is 20.9 Å². The van der Waals surface area contributed by atoms with Gasteiger partial charge < -0.3 is 15.0 Å². The number of aromatic nitrogens is 4.